The summed E-state index contributed by atoms with van der Waals surface area (Å²) in [6.07, 6.45) is 3.51. The molecular weight excluding hydrogens is 332 g/mol. The van der Waals surface area contributed by atoms with Crippen LogP contribution in [0.25, 0.3) is 0 Å². The van der Waals surface area contributed by atoms with E-state index in [9.17, 15) is 14.4 Å². The number of hydrogen-bond donors (Lipinski definition) is 2. The van der Waals surface area contributed by atoms with Crippen molar-refractivity contribution >= 4 is 35.1 Å². The average Bonchev–Trinajstić information content (AvgIpc) is 3.36. The second-order valence-electron chi connectivity index (χ2n) is 6.32. The van der Waals surface area contributed by atoms with Gasteiger partial charge in [0.05, 0.1) is 22.4 Å². The smallest absolute Gasteiger partial charge is 0.307 e. The summed E-state index contributed by atoms with van der Waals surface area (Å²) in [6, 6.07) is 4.77. The maximum atomic E-state index is 12.5. The summed E-state index contributed by atoms with van der Waals surface area (Å²) in [4.78, 5) is 37.1. The van der Waals surface area contributed by atoms with Gasteiger partial charge in [0.15, 0.2) is 0 Å². The van der Waals surface area contributed by atoms with Crippen LogP contribution in [0, 0.1) is 11.8 Å². The Morgan fingerprint density at radius 1 is 1.12 bits per heavy atom. The lowest BCUT2D eigenvalue weighted by molar-refractivity contribution is -0.139. The fourth-order valence-electron chi connectivity index (χ4n) is 3.03. The van der Waals surface area contributed by atoms with Crippen molar-refractivity contribution in [2.24, 2.45) is 11.8 Å². The normalized spacial score (nSPS) is 22.8. The number of piperidine rings is 1. The minimum absolute atomic E-state index is 0.0919. The molecule has 2 unspecified atom stereocenters. The molecule has 1 aromatic rings. The summed E-state index contributed by atoms with van der Waals surface area (Å²) < 4.78 is 0. The zero-order chi connectivity index (χ0) is 17.3. The van der Waals surface area contributed by atoms with Gasteiger partial charge >= 0.3 is 5.97 Å². The summed E-state index contributed by atoms with van der Waals surface area (Å²) >= 11 is 6.21. The Hall–Kier alpha value is -2.08. The van der Waals surface area contributed by atoms with Crippen LogP contribution in [0.5, 0.6) is 0 Å². The fourth-order valence-corrected chi connectivity index (χ4v) is 3.29. The van der Waals surface area contributed by atoms with Gasteiger partial charge in [-0.05, 0) is 43.9 Å². The standard InChI is InChI=1S/C17H19ClN2O4/c18-14-8-10(19-15(21)12-9-13(12)17(23)24)4-5-11(14)16(22)20-6-2-1-3-7-20/h4-5,8,12-13H,1-3,6-7,9H2,(H,19,21)(H,23,24). The molecule has 0 bridgehead atoms. The first kappa shape index (κ1) is 16.8. The van der Waals surface area contributed by atoms with Crippen LogP contribution in [0.3, 0.4) is 0 Å². The number of anilines is 1. The number of likely N-dealkylation sites (tertiary alicyclic amines) is 1. The van der Waals surface area contributed by atoms with E-state index in [2.05, 4.69) is 5.32 Å². The summed E-state index contributed by atoms with van der Waals surface area (Å²) in [6.45, 7) is 1.48. The highest BCUT2D eigenvalue weighted by Crippen LogP contribution is 2.39. The predicted molar refractivity (Wildman–Crippen MR) is 89.1 cm³/mol. The second kappa shape index (κ2) is 6.81. The van der Waals surface area contributed by atoms with E-state index in [1.165, 1.54) is 6.07 Å². The maximum Gasteiger partial charge on any atom is 0.307 e. The molecule has 0 aromatic heterocycles. The van der Waals surface area contributed by atoms with E-state index < -0.39 is 17.8 Å². The molecule has 2 atom stereocenters. The highest BCUT2D eigenvalue weighted by molar-refractivity contribution is 6.34. The SMILES string of the molecule is O=C(O)C1CC1C(=O)Nc1ccc(C(=O)N2CCCCC2)c(Cl)c1. The first-order valence-electron chi connectivity index (χ1n) is 8.10. The van der Waals surface area contributed by atoms with Crippen molar-refractivity contribution < 1.29 is 19.5 Å². The summed E-state index contributed by atoms with van der Waals surface area (Å²) in [7, 11) is 0. The van der Waals surface area contributed by atoms with E-state index >= 15 is 0 Å². The van der Waals surface area contributed by atoms with Gasteiger partial charge < -0.3 is 15.3 Å². The molecule has 2 aliphatic rings. The van der Waals surface area contributed by atoms with Crippen LogP contribution in [0.4, 0.5) is 5.69 Å². The minimum atomic E-state index is -0.948. The van der Waals surface area contributed by atoms with Crippen LogP contribution >= 0.6 is 11.6 Å². The van der Waals surface area contributed by atoms with Crippen LogP contribution in [-0.2, 0) is 9.59 Å². The first-order valence-corrected chi connectivity index (χ1v) is 8.47. The van der Waals surface area contributed by atoms with E-state index in [1.807, 2.05) is 0 Å². The molecule has 0 radical (unpaired) electrons. The number of hydrogen-bond acceptors (Lipinski definition) is 3. The summed E-state index contributed by atoms with van der Waals surface area (Å²) in [5.74, 6) is -2.45. The lowest BCUT2D eigenvalue weighted by Crippen LogP contribution is -2.35. The van der Waals surface area contributed by atoms with E-state index in [0.29, 0.717) is 17.7 Å². The van der Waals surface area contributed by atoms with Gasteiger partial charge in [0.2, 0.25) is 5.91 Å². The predicted octanol–water partition coefficient (Wildman–Crippen LogP) is 2.63. The molecule has 2 N–H and O–H groups in total. The monoisotopic (exact) mass is 350 g/mol. The number of carboxylic acids is 1. The van der Waals surface area contributed by atoms with Crippen molar-refractivity contribution in [2.45, 2.75) is 25.7 Å². The topological polar surface area (TPSA) is 86.7 Å². The van der Waals surface area contributed by atoms with Crippen molar-refractivity contribution in [1.82, 2.24) is 4.90 Å². The third-order valence-corrected chi connectivity index (χ3v) is 4.87. The molecule has 3 rings (SSSR count). The minimum Gasteiger partial charge on any atom is -0.481 e. The van der Waals surface area contributed by atoms with Crippen molar-refractivity contribution in [2.75, 3.05) is 18.4 Å². The molecule has 2 fully saturated rings. The van der Waals surface area contributed by atoms with Gasteiger partial charge in [-0.15, -0.1) is 0 Å². The van der Waals surface area contributed by atoms with E-state index in [0.717, 1.165) is 32.4 Å². The zero-order valence-corrected chi connectivity index (χ0v) is 13.9. The lowest BCUT2D eigenvalue weighted by atomic mass is 10.1. The molecule has 7 heteroatoms. The summed E-state index contributed by atoms with van der Waals surface area (Å²) in [5.41, 5.74) is 0.891. The Morgan fingerprint density at radius 2 is 1.83 bits per heavy atom. The Kier molecular flexibility index (Phi) is 4.76. The molecule has 1 aliphatic carbocycles. The number of rotatable bonds is 4. The Bertz CT molecular complexity index is 685. The van der Waals surface area contributed by atoms with Gasteiger partial charge in [-0.25, -0.2) is 0 Å². The molecule has 2 amide bonds. The lowest BCUT2D eigenvalue weighted by Gasteiger charge is -2.27. The molecule has 0 spiro atoms. The van der Waals surface area contributed by atoms with Gasteiger partial charge in [0, 0.05) is 18.8 Å². The molecule has 1 aliphatic heterocycles. The maximum absolute atomic E-state index is 12.5. The van der Waals surface area contributed by atoms with Crippen molar-refractivity contribution in [1.29, 1.82) is 0 Å². The van der Waals surface area contributed by atoms with E-state index in [4.69, 9.17) is 16.7 Å². The fraction of sp³-hybridized carbons (Fsp3) is 0.471. The number of halogens is 1. The number of carbonyl (C=O) groups is 3. The zero-order valence-electron chi connectivity index (χ0n) is 13.1. The van der Waals surface area contributed by atoms with Crippen LogP contribution in [-0.4, -0.2) is 40.9 Å². The van der Waals surface area contributed by atoms with Gasteiger partial charge in [-0.1, -0.05) is 11.6 Å². The van der Waals surface area contributed by atoms with Crippen molar-refractivity contribution in [3.8, 4) is 0 Å². The number of carbonyl (C=O) groups excluding carboxylic acids is 2. The van der Waals surface area contributed by atoms with Crippen LogP contribution < -0.4 is 5.32 Å². The molecular formula is C17H19ClN2O4. The molecule has 24 heavy (non-hydrogen) atoms. The molecule has 6 nitrogen and oxygen atoms in total. The van der Waals surface area contributed by atoms with Gasteiger partial charge in [-0.3, -0.25) is 14.4 Å². The molecule has 1 saturated heterocycles. The quantitative estimate of drug-likeness (QED) is 0.873. The summed E-state index contributed by atoms with van der Waals surface area (Å²) in [5, 5.41) is 11.8. The third kappa shape index (κ3) is 3.53. The second-order valence-corrected chi connectivity index (χ2v) is 6.73. The van der Waals surface area contributed by atoms with Gasteiger partial charge in [0.25, 0.3) is 5.91 Å². The Labute approximate surface area is 144 Å². The van der Waals surface area contributed by atoms with E-state index in [1.54, 1.807) is 17.0 Å². The van der Waals surface area contributed by atoms with Crippen LogP contribution in [0.15, 0.2) is 18.2 Å². The third-order valence-electron chi connectivity index (χ3n) is 4.55. The first-order chi connectivity index (χ1) is 11.5. The average molecular weight is 351 g/mol. The van der Waals surface area contributed by atoms with Crippen molar-refractivity contribution in [3.63, 3.8) is 0 Å². The highest BCUT2D eigenvalue weighted by Gasteiger charge is 2.48. The van der Waals surface area contributed by atoms with Crippen LogP contribution in [0.2, 0.25) is 5.02 Å². The molecule has 1 saturated carbocycles. The van der Waals surface area contributed by atoms with Crippen LogP contribution in [0.1, 0.15) is 36.0 Å². The highest BCUT2D eigenvalue weighted by atomic mass is 35.5. The molecule has 1 aromatic carbocycles. The van der Waals surface area contributed by atoms with E-state index in [-0.39, 0.29) is 16.8 Å². The number of nitrogens with zero attached hydrogens (tertiary/aromatic N) is 1. The van der Waals surface area contributed by atoms with Crippen molar-refractivity contribution in [3.05, 3.63) is 28.8 Å². The Balaban J connectivity index is 1.65. The number of amides is 2. The largest absolute Gasteiger partial charge is 0.481 e. The number of aliphatic carboxylic acids is 1. The number of nitrogens with one attached hydrogen (secondary N) is 1. The van der Waals surface area contributed by atoms with Gasteiger partial charge in [0.1, 0.15) is 0 Å². The molecule has 1 heterocycles. The Morgan fingerprint density at radius 3 is 2.42 bits per heavy atom. The number of benzene rings is 1. The number of carboxylic acid groups (broad SMARTS) is 1. The molecule has 128 valence electrons. The van der Waals surface area contributed by atoms with Gasteiger partial charge in [-0.2, -0.15) is 0 Å².